The van der Waals surface area contributed by atoms with E-state index in [1.54, 1.807) is 16.8 Å². The summed E-state index contributed by atoms with van der Waals surface area (Å²) in [5.74, 6) is 2.68. The Morgan fingerprint density at radius 2 is 1.82 bits per heavy atom. The molecule has 0 bridgehead atoms. The Balaban J connectivity index is 1.16. The topological polar surface area (TPSA) is 116 Å². The molecule has 10 nitrogen and oxygen atoms in total. The minimum absolute atomic E-state index is 0.0489. The Hall–Kier alpha value is -3.76. The van der Waals surface area contributed by atoms with E-state index in [4.69, 9.17) is 14.2 Å². The molecule has 10 heteroatoms. The average molecular weight is 531 g/mol. The summed E-state index contributed by atoms with van der Waals surface area (Å²) in [6.07, 6.45) is 10.7. The van der Waals surface area contributed by atoms with Crippen LogP contribution in [0, 0.1) is 13.8 Å². The van der Waals surface area contributed by atoms with E-state index in [2.05, 4.69) is 25.4 Å². The summed E-state index contributed by atoms with van der Waals surface area (Å²) in [5, 5.41) is 18.1. The molecule has 2 N–H and O–H groups in total. The second kappa shape index (κ2) is 11.2. The summed E-state index contributed by atoms with van der Waals surface area (Å²) in [6.45, 7) is 4.60. The molecule has 1 unspecified atom stereocenters. The minimum atomic E-state index is -0.0579. The van der Waals surface area contributed by atoms with E-state index >= 15 is 0 Å². The lowest BCUT2D eigenvalue weighted by Crippen LogP contribution is -2.33. The highest BCUT2D eigenvalue weighted by atomic mass is 16.7. The number of hydrogen-bond donors (Lipinski definition) is 2. The van der Waals surface area contributed by atoms with Crippen molar-refractivity contribution in [3.05, 3.63) is 54.2 Å². The maximum Gasteiger partial charge on any atom is 0.211 e. The number of aromatic hydroxyl groups is 1. The number of anilines is 2. The van der Waals surface area contributed by atoms with Gasteiger partial charge in [-0.2, -0.15) is 5.10 Å². The number of aryl methyl sites for hydroxylation is 2. The second-order valence-corrected chi connectivity index (χ2v) is 10.4. The number of nitrogens with zero attached hydrogens (tertiary/aromatic N) is 5. The smallest absolute Gasteiger partial charge is 0.211 e. The molecule has 2 aliphatic rings. The normalized spacial score (nSPS) is 21.6. The van der Waals surface area contributed by atoms with Crippen molar-refractivity contribution in [1.82, 2.24) is 24.6 Å². The third-order valence-electron chi connectivity index (χ3n) is 7.25. The van der Waals surface area contributed by atoms with Crippen LogP contribution in [0.2, 0.25) is 0 Å². The summed E-state index contributed by atoms with van der Waals surface area (Å²) < 4.78 is 20.2. The van der Waals surface area contributed by atoms with Crippen LogP contribution in [0.15, 0.2) is 42.7 Å². The number of pyridine rings is 2. The lowest BCUT2D eigenvalue weighted by molar-refractivity contribution is -0.195. The number of hydrogen-bond acceptors (Lipinski definition) is 9. The number of rotatable bonds is 7. The molecule has 0 amide bonds. The Labute approximate surface area is 227 Å². The summed E-state index contributed by atoms with van der Waals surface area (Å²) >= 11 is 0. The highest BCUT2D eigenvalue weighted by molar-refractivity contribution is 5.75. The molecule has 1 atom stereocenters. The molecule has 0 aromatic carbocycles. The maximum atomic E-state index is 10.2. The number of nitrogens with one attached hydrogen (secondary N) is 1. The molecule has 6 rings (SSSR count). The first-order valence-corrected chi connectivity index (χ1v) is 13.7. The first-order chi connectivity index (χ1) is 19.0. The van der Waals surface area contributed by atoms with Crippen LogP contribution in [0.25, 0.3) is 16.6 Å². The lowest BCUT2D eigenvalue weighted by Gasteiger charge is -2.33. The van der Waals surface area contributed by atoms with Gasteiger partial charge in [0.05, 0.1) is 23.9 Å². The van der Waals surface area contributed by atoms with Gasteiger partial charge in [0.1, 0.15) is 17.4 Å². The summed E-state index contributed by atoms with van der Waals surface area (Å²) in [7, 11) is 0. The molecule has 1 aliphatic heterocycles. The molecule has 0 spiro atoms. The van der Waals surface area contributed by atoms with Gasteiger partial charge in [-0.05, 0) is 76.5 Å². The number of ether oxygens (including phenoxy) is 3. The standard InChI is InChI=1S/C29H34N6O4/c1-18-13-26(32-19(2)31-18)33-27-15-21-14-20(10-11-35(21)34-27)24-16-28(36)30-17-25(24)38-22-6-8-23(9-7-22)39-29-5-3-4-12-37-29/h10-11,13-17,22-23,29H,3-9,12H2,1-2H3,(H,30,36)(H,31,32,33,34)/t22-,23-,29?. The van der Waals surface area contributed by atoms with Gasteiger partial charge in [-0.3, -0.25) is 0 Å². The molecule has 1 aliphatic carbocycles. The molecule has 4 aromatic rings. The highest BCUT2D eigenvalue weighted by Gasteiger charge is 2.27. The van der Waals surface area contributed by atoms with Crippen LogP contribution in [-0.2, 0) is 9.47 Å². The Kier molecular flexibility index (Phi) is 7.30. The van der Waals surface area contributed by atoms with Crippen LogP contribution >= 0.6 is 0 Å². The van der Waals surface area contributed by atoms with Crippen LogP contribution in [0.1, 0.15) is 56.5 Å². The Morgan fingerprint density at radius 3 is 2.62 bits per heavy atom. The quantitative estimate of drug-likeness (QED) is 0.320. The zero-order chi connectivity index (χ0) is 26.8. The van der Waals surface area contributed by atoms with E-state index in [0.717, 1.165) is 67.5 Å². The Bertz CT molecular complexity index is 1420. The van der Waals surface area contributed by atoms with Crippen LogP contribution in [0.3, 0.4) is 0 Å². The van der Waals surface area contributed by atoms with E-state index < -0.39 is 0 Å². The maximum absolute atomic E-state index is 10.2. The number of aromatic nitrogens is 5. The second-order valence-electron chi connectivity index (χ2n) is 10.4. The van der Waals surface area contributed by atoms with Crippen LogP contribution in [-0.4, -0.2) is 54.8 Å². The van der Waals surface area contributed by atoms with E-state index in [-0.39, 0.29) is 24.4 Å². The molecule has 1 saturated heterocycles. The SMILES string of the molecule is Cc1cc(Nc2cc3cc(-c4cc(O)ncc4O[C@H]4CC[C@H](OC5CCCCO5)CC4)ccn3n2)nc(C)n1. The van der Waals surface area contributed by atoms with Gasteiger partial charge in [0.25, 0.3) is 0 Å². The summed E-state index contributed by atoms with van der Waals surface area (Å²) in [4.78, 5) is 12.9. The summed E-state index contributed by atoms with van der Waals surface area (Å²) in [6, 6.07) is 9.47. The zero-order valence-electron chi connectivity index (χ0n) is 22.3. The van der Waals surface area contributed by atoms with Crippen molar-refractivity contribution in [3.8, 4) is 22.8 Å². The minimum Gasteiger partial charge on any atom is -0.493 e. The molecular formula is C29H34N6O4. The Morgan fingerprint density at radius 1 is 0.974 bits per heavy atom. The van der Waals surface area contributed by atoms with Crippen LogP contribution in [0.4, 0.5) is 11.6 Å². The van der Waals surface area contributed by atoms with Gasteiger partial charge in [-0.15, -0.1) is 0 Å². The van der Waals surface area contributed by atoms with Crippen LogP contribution in [0.5, 0.6) is 11.6 Å². The van der Waals surface area contributed by atoms with Gasteiger partial charge in [0, 0.05) is 42.3 Å². The van der Waals surface area contributed by atoms with Crippen molar-refractivity contribution in [2.24, 2.45) is 0 Å². The largest absolute Gasteiger partial charge is 0.493 e. The fraction of sp³-hybridized carbons (Fsp3) is 0.448. The fourth-order valence-electron chi connectivity index (χ4n) is 5.39. The van der Waals surface area contributed by atoms with Crippen molar-refractivity contribution >= 4 is 17.2 Å². The van der Waals surface area contributed by atoms with Crippen molar-refractivity contribution in [1.29, 1.82) is 0 Å². The van der Waals surface area contributed by atoms with Crippen molar-refractivity contribution in [2.75, 3.05) is 11.9 Å². The van der Waals surface area contributed by atoms with E-state index in [1.165, 1.54) is 6.42 Å². The fourth-order valence-corrected chi connectivity index (χ4v) is 5.39. The highest BCUT2D eigenvalue weighted by Crippen LogP contribution is 2.36. The van der Waals surface area contributed by atoms with Gasteiger partial charge in [0.2, 0.25) is 5.88 Å². The molecule has 0 radical (unpaired) electrons. The van der Waals surface area contributed by atoms with Gasteiger partial charge in [0.15, 0.2) is 12.1 Å². The van der Waals surface area contributed by atoms with Gasteiger partial charge in [-0.25, -0.2) is 19.5 Å². The molecule has 1 saturated carbocycles. The predicted octanol–water partition coefficient (Wildman–Crippen LogP) is 5.49. The third kappa shape index (κ3) is 6.12. The molecule has 5 heterocycles. The third-order valence-corrected chi connectivity index (χ3v) is 7.25. The summed E-state index contributed by atoms with van der Waals surface area (Å²) in [5.41, 5.74) is 3.47. The molecule has 4 aromatic heterocycles. The van der Waals surface area contributed by atoms with E-state index in [0.29, 0.717) is 23.2 Å². The van der Waals surface area contributed by atoms with Crippen molar-refractivity contribution in [3.63, 3.8) is 0 Å². The van der Waals surface area contributed by atoms with E-state index in [1.807, 2.05) is 44.3 Å². The predicted molar refractivity (Wildman–Crippen MR) is 146 cm³/mol. The first-order valence-electron chi connectivity index (χ1n) is 13.7. The monoisotopic (exact) mass is 530 g/mol. The van der Waals surface area contributed by atoms with Crippen molar-refractivity contribution in [2.45, 2.75) is 77.3 Å². The molecular weight excluding hydrogens is 496 g/mol. The van der Waals surface area contributed by atoms with Gasteiger partial charge < -0.3 is 24.6 Å². The lowest BCUT2D eigenvalue weighted by atomic mass is 9.94. The van der Waals surface area contributed by atoms with Gasteiger partial charge >= 0.3 is 0 Å². The molecule has 39 heavy (non-hydrogen) atoms. The average Bonchev–Trinajstić information content (AvgIpc) is 3.32. The molecule has 2 fully saturated rings. The molecule has 204 valence electrons. The van der Waals surface area contributed by atoms with Gasteiger partial charge in [-0.1, -0.05) is 0 Å². The number of fused-ring (bicyclic) bond motifs is 1. The van der Waals surface area contributed by atoms with Crippen LogP contribution < -0.4 is 10.1 Å². The first kappa shape index (κ1) is 25.5. The zero-order valence-corrected chi connectivity index (χ0v) is 22.3. The van der Waals surface area contributed by atoms with Crippen molar-refractivity contribution < 1.29 is 19.3 Å². The van der Waals surface area contributed by atoms with E-state index in [9.17, 15) is 5.11 Å².